The summed E-state index contributed by atoms with van der Waals surface area (Å²) in [6, 6.07) is 0.118. The van der Waals surface area contributed by atoms with Crippen molar-refractivity contribution >= 4 is 17.7 Å². The molecule has 15 heavy (non-hydrogen) atoms. The van der Waals surface area contributed by atoms with E-state index >= 15 is 0 Å². The van der Waals surface area contributed by atoms with Crippen LogP contribution in [0.5, 0.6) is 0 Å². The van der Waals surface area contributed by atoms with E-state index in [0.717, 1.165) is 4.59 Å². The summed E-state index contributed by atoms with van der Waals surface area (Å²) in [5.41, 5.74) is 11.5. The summed E-state index contributed by atoms with van der Waals surface area (Å²) in [4.78, 5) is 0. The minimum atomic E-state index is 0.118. The molecule has 2 atom stereocenters. The van der Waals surface area contributed by atoms with E-state index in [1.54, 1.807) is 0 Å². The SMILES string of the molecule is CC(C)C(C)(C)C(N)CN.[Li][CH](C)CC. The first-order chi connectivity index (χ1) is 6.69. The standard InChI is InChI=1S/C8H20N2.C4H9.Li/c1-6(2)8(3,4)7(10)5-9;1-3-4-2;/h6-7H,5,9-10H2,1-4H3;3H,4H2,1-2H3;. The molecule has 0 aliphatic rings. The third kappa shape index (κ3) is 8.34. The van der Waals surface area contributed by atoms with Crippen LogP contribution >= 0.6 is 0 Å². The number of hydrogen-bond donors (Lipinski definition) is 2. The summed E-state index contributed by atoms with van der Waals surface area (Å²) in [7, 11) is 0. The molecular formula is C12H29LiN2. The Hall–Kier alpha value is 0.517. The average molecular weight is 208 g/mol. The van der Waals surface area contributed by atoms with Crippen LogP contribution < -0.4 is 11.5 Å². The molecule has 0 aliphatic heterocycles. The summed E-state index contributed by atoms with van der Waals surface area (Å²) >= 11 is 2.22. The molecular weight excluding hydrogens is 179 g/mol. The van der Waals surface area contributed by atoms with Crippen LogP contribution in [0, 0.1) is 11.3 Å². The molecule has 0 aromatic heterocycles. The van der Waals surface area contributed by atoms with Crippen molar-refractivity contribution in [2.24, 2.45) is 22.8 Å². The predicted octanol–water partition coefficient (Wildman–Crippen LogP) is 2.33. The van der Waals surface area contributed by atoms with Gasteiger partial charge in [0.2, 0.25) is 0 Å². The van der Waals surface area contributed by atoms with Gasteiger partial charge in [0.1, 0.15) is 0 Å². The molecule has 0 saturated carbocycles. The van der Waals surface area contributed by atoms with Crippen LogP contribution in [0.1, 0.15) is 48.0 Å². The Kier molecular flexibility index (Phi) is 10.3. The molecule has 0 fully saturated rings. The van der Waals surface area contributed by atoms with E-state index < -0.39 is 0 Å². The molecule has 0 spiro atoms. The van der Waals surface area contributed by atoms with E-state index in [1.165, 1.54) is 6.42 Å². The third-order valence-corrected chi connectivity index (χ3v) is 3.51. The van der Waals surface area contributed by atoms with Crippen molar-refractivity contribution < 1.29 is 0 Å². The molecule has 0 bridgehead atoms. The van der Waals surface area contributed by atoms with Gasteiger partial charge in [-0.2, -0.15) is 0 Å². The normalized spacial score (nSPS) is 15.7. The molecule has 4 N–H and O–H groups in total. The van der Waals surface area contributed by atoms with Crippen LogP contribution in [0.4, 0.5) is 0 Å². The van der Waals surface area contributed by atoms with Crippen molar-refractivity contribution in [1.29, 1.82) is 0 Å². The van der Waals surface area contributed by atoms with E-state index in [2.05, 4.69) is 59.3 Å². The van der Waals surface area contributed by atoms with Crippen molar-refractivity contribution in [3.8, 4) is 0 Å². The van der Waals surface area contributed by atoms with Gasteiger partial charge in [0.05, 0.1) is 0 Å². The summed E-state index contributed by atoms with van der Waals surface area (Å²) < 4.78 is 0.884. The van der Waals surface area contributed by atoms with Crippen LogP contribution in [0.25, 0.3) is 0 Å². The molecule has 2 nitrogen and oxygen atoms in total. The van der Waals surface area contributed by atoms with Gasteiger partial charge in [-0.1, -0.05) is 27.7 Å². The van der Waals surface area contributed by atoms with Crippen molar-refractivity contribution in [3.63, 3.8) is 0 Å². The first kappa shape index (κ1) is 17.9. The fourth-order valence-corrected chi connectivity index (χ4v) is 0.732. The van der Waals surface area contributed by atoms with Gasteiger partial charge < -0.3 is 11.5 Å². The zero-order valence-corrected chi connectivity index (χ0v) is 11.8. The van der Waals surface area contributed by atoms with Gasteiger partial charge in [-0.3, -0.25) is 0 Å². The minimum absolute atomic E-state index is 0.118. The van der Waals surface area contributed by atoms with Crippen molar-refractivity contribution in [2.75, 3.05) is 6.54 Å². The van der Waals surface area contributed by atoms with Gasteiger partial charge in [-0.15, -0.1) is 0 Å². The molecule has 0 aliphatic carbocycles. The number of hydrogen-bond acceptors (Lipinski definition) is 2. The van der Waals surface area contributed by atoms with Crippen LogP contribution in [0.2, 0.25) is 4.59 Å². The molecule has 0 aromatic rings. The van der Waals surface area contributed by atoms with Crippen molar-refractivity contribution in [1.82, 2.24) is 0 Å². The Morgan fingerprint density at radius 2 is 1.53 bits per heavy atom. The monoisotopic (exact) mass is 208 g/mol. The van der Waals surface area contributed by atoms with Gasteiger partial charge in [0.15, 0.2) is 0 Å². The molecule has 0 aromatic carbocycles. The molecule has 3 heteroatoms. The van der Waals surface area contributed by atoms with Gasteiger partial charge in [0.25, 0.3) is 0 Å². The van der Waals surface area contributed by atoms with Gasteiger partial charge in [-0.05, 0) is 11.3 Å². The Bertz CT molecular complexity index is 145. The topological polar surface area (TPSA) is 52.0 Å². The van der Waals surface area contributed by atoms with E-state index in [0.29, 0.717) is 12.5 Å². The van der Waals surface area contributed by atoms with E-state index in [-0.39, 0.29) is 11.5 Å². The molecule has 2 unspecified atom stereocenters. The average Bonchev–Trinajstić information content (AvgIpc) is 2.17. The third-order valence-electron chi connectivity index (χ3n) is 3.51. The predicted molar refractivity (Wildman–Crippen MR) is 71.1 cm³/mol. The molecule has 0 rings (SSSR count). The molecule has 0 heterocycles. The van der Waals surface area contributed by atoms with Crippen molar-refractivity contribution in [3.05, 3.63) is 0 Å². The summed E-state index contributed by atoms with van der Waals surface area (Å²) in [5.74, 6) is 0.589. The Labute approximate surface area is 106 Å². The molecule has 0 amide bonds. The van der Waals surface area contributed by atoms with E-state index in [1.807, 2.05) is 0 Å². The summed E-state index contributed by atoms with van der Waals surface area (Å²) in [6.07, 6.45) is 1.31. The Morgan fingerprint density at radius 1 is 1.20 bits per heavy atom. The van der Waals surface area contributed by atoms with Crippen LogP contribution in [0.15, 0.2) is 0 Å². The summed E-state index contributed by atoms with van der Waals surface area (Å²) in [5, 5.41) is 0. The quantitative estimate of drug-likeness (QED) is 0.697. The van der Waals surface area contributed by atoms with E-state index in [4.69, 9.17) is 11.5 Å². The Morgan fingerprint density at radius 3 is 1.60 bits per heavy atom. The van der Waals surface area contributed by atoms with E-state index in [9.17, 15) is 0 Å². The second-order valence-corrected chi connectivity index (χ2v) is 5.62. The first-order valence-electron chi connectivity index (χ1n) is 6.15. The maximum absolute atomic E-state index is 5.83. The summed E-state index contributed by atoms with van der Waals surface area (Å²) in [6.45, 7) is 13.7. The zero-order chi connectivity index (χ0) is 12.6. The van der Waals surface area contributed by atoms with Crippen LogP contribution in [0.3, 0.4) is 0 Å². The first-order valence-corrected chi connectivity index (χ1v) is 6.15. The number of rotatable bonds is 4. The van der Waals surface area contributed by atoms with Crippen molar-refractivity contribution in [2.45, 2.75) is 58.6 Å². The second kappa shape index (κ2) is 8.64. The number of nitrogens with two attached hydrogens (primary N) is 2. The second-order valence-electron chi connectivity index (χ2n) is 5.62. The maximum atomic E-state index is 5.83. The molecule has 88 valence electrons. The Balaban J connectivity index is 0. The van der Waals surface area contributed by atoms with Crippen LogP contribution in [-0.2, 0) is 0 Å². The molecule has 0 saturated heterocycles. The molecule has 0 radical (unpaired) electrons. The fraction of sp³-hybridized carbons (Fsp3) is 1.00. The zero-order valence-electron chi connectivity index (χ0n) is 11.8. The van der Waals surface area contributed by atoms with Gasteiger partial charge in [0, 0.05) is 12.6 Å². The fourth-order valence-electron chi connectivity index (χ4n) is 0.732. The van der Waals surface area contributed by atoms with Gasteiger partial charge >= 0.3 is 42.6 Å². The van der Waals surface area contributed by atoms with Crippen LogP contribution in [-0.4, -0.2) is 30.3 Å². The van der Waals surface area contributed by atoms with Gasteiger partial charge in [-0.25, -0.2) is 0 Å².